The predicted octanol–water partition coefficient (Wildman–Crippen LogP) is 2.36. The lowest BCUT2D eigenvalue weighted by molar-refractivity contribution is -0.127. The van der Waals surface area contributed by atoms with E-state index in [2.05, 4.69) is 65.7 Å². The van der Waals surface area contributed by atoms with E-state index in [-0.39, 0.29) is 5.91 Å². The van der Waals surface area contributed by atoms with Gasteiger partial charge in [0.05, 0.1) is 0 Å². The van der Waals surface area contributed by atoms with Crippen LogP contribution < -0.4 is 10.6 Å². The summed E-state index contributed by atoms with van der Waals surface area (Å²) in [6.45, 7) is 8.89. The number of aliphatic imine (C=N–C) groups is 1. The minimum atomic E-state index is 0.268. The van der Waals surface area contributed by atoms with Crippen LogP contribution in [0.4, 0.5) is 0 Å². The maximum Gasteiger partial charge on any atom is 0.223 e. The van der Waals surface area contributed by atoms with Gasteiger partial charge in [0.25, 0.3) is 0 Å². The van der Waals surface area contributed by atoms with E-state index >= 15 is 0 Å². The van der Waals surface area contributed by atoms with Crippen LogP contribution in [0.2, 0.25) is 0 Å². The first-order valence-corrected chi connectivity index (χ1v) is 11.0. The molecule has 1 aliphatic heterocycles. The van der Waals surface area contributed by atoms with Crippen molar-refractivity contribution in [3.8, 4) is 0 Å². The SMILES string of the molecule is CN=C(NCCCCN(C)C(C)C)NCC1CC(=O)N(CCc2ccccc2)C1. The van der Waals surface area contributed by atoms with Gasteiger partial charge in [0.1, 0.15) is 0 Å². The molecule has 0 radical (unpaired) electrons. The summed E-state index contributed by atoms with van der Waals surface area (Å²) in [6.07, 6.45) is 3.83. The number of nitrogens with one attached hydrogen (secondary N) is 2. The van der Waals surface area contributed by atoms with Crippen molar-refractivity contribution in [2.75, 3.05) is 46.8 Å². The summed E-state index contributed by atoms with van der Waals surface area (Å²) in [5.74, 6) is 1.44. The van der Waals surface area contributed by atoms with Crippen LogP contribution in [-0.2, 0) is 11.2 Å². The van der Waals surface area contributed by atoms with Crippen molar-refractivity contribution in [2.45, 2.75) is 45.6 Å². The smallest absolute Gasteiger partial charge is 0.223 e. The van der Waals surface area contributed by atoms with Crippen molar-refractivity contribution in [1.29, 1.82) is 0 Å². The second-order valence-electron chi connectivity index (χ2n) is 8.31. The number of carbonyl (C=O) groups is 1. The van der Waals surface area contributed by atoms with E-state index in [1.165, 1.54) is 12.0 Å². The molecule has 2 rings (SSSR count). The Labute approximate surface area is 176 Å². The summed E-state index contributed by atoms with van der Waals surface area (Å²) in [5.41, 5.74) is 1.28. The third kappa shape index (κ3) is 8.44. The van der Waals surface area contributed by atoms with Gasteiger partial charge in [0.2, 0.25) is 5.91 Å². The number of amides is 1. The van der Waals surface area contributed by atoms with Gasteiger partial charge in [-0.2, -0.15) is 0 Å². The van der Waals surface area contributed by atoms with E-state index in [4.69, 9.17) is 0 Å². The average molecular weight is 402 g/mol. The normalized spacial score (nSPS) is 17.4. The molecule has 1 unspecified atom stereocenters. The van der Waals surface area contributed by atoms with E-state index < -0.39 is 0 Å². The van der Waals surface area contributed by atoms with Crippen LogP contribution in [0.3, 0.4) is 0 Å². The minimum Gasteiger partial charge on any atom is -0.356 e. The van der Waals surface area contributed by atoms with Gasteiger partial charge in [-0.15, -0.1) is 0 Å². The van der Waals surface area contributed by atoms with Gasteiger partial charge >= 0.3 is 0 Å². The van der Waals surface area contributed by atoms with E-state index in [9.17, 15) is 4.79 Å². The van der Waals surface area contributed by atoms with Gasteiger partial charge in [-0.25, -0.2) is 0 Å². The first-order chi connectivity index (χ1) is 14.0. The highest BCUT2D eigenvalue weighted by Crippen LogP contribution is 2.17. The van der Waals surface area contributed by atoms with Crippen LogP contribution in [-0.4, -0.2) is 74.5 Å². The molecule has 1 fully saturated rings. The van der Waals surface area contributed by atoms with Crippen molar-refractivity contribution < 1.29 is 4.79 Å². The fraction of sp³-hybridized carbons (Fsp3) is 0.652. The molecule has 2 N–H and O–H groups in total. The molecule has 0 spiro atoms. The molecule has 162 valence electrons. The zero-order chi connectivity index (χ0) is 21.1. The Morgan fingerprint density at radius 1 is 1.24 bits per heavy atom. The molecule has 1 atom stereocenters. The monoisotopic (exact) mass is 401 g/mol. The number of hydrogen-bond donors (Lipinski definition) is 2. The van der Waals surface area contributed by atoms with Gasteiger partial charge in [-0.3, -0.25) is 9.79 Å². The molecule has 6 nitrogen and oxygen atoms in total. The number of unbranched alkanes of at least 4 members (excludes halogenated alkanes) is 1. The van der Waals surface area contributed by atoms with Crippen LogP contribution in [0.5, 0.6) is 0 Å². The number of rotatable bonds is 11. The van der Waals surface area contributed by atoms with Gasteiger partial charge in [-0.1, -0.05) is 30.3 Å². The molecule has 0 aliphatic carbocycles. The van der Waals surface area contributed by atoms with Crippen molar-refractivity contribution >= 4 is 11.9 Å². The van der Waals surface area contributed by atoms with E-state index in [1.54, 1.807) is 7.05 Å². The third-order valence-corrected chi connectivity index (χ3v) is 5.70. The quantitative estimate of drug-likeness (QED) is 0.340. The summed E-state index contributed by atoms with van der Waals surface area (Å²) in [6, 6.07) is 11.0. The highest BCUT2D eigenvalue weighted by Gasteiger charge is 2.29. The maximum atomic E-state index is 12.3. The molecule has 0 bridgehead atoms. The fourth-order valence-electron chi connectivity index (χ4n) is 3.53. The van der Waals surface area contributed by atoms with E-state index in [1.807, 2.05) is 11.0 Å². The summed E-state index contributed by atoms with van der Waals surface area (Å²) in [5, 5.41) is 6.78. The molecule has 6 heteroatoms. The van der Waals surface area contributed by atoms with Crippen molar-refractivity contribution in [3.63, 3.8) is 0 Å². The Bertz CT molecular complexity index is 631. The van der Waals surface area contributed by atoms with Crippen LogP contribution in [0.15, 0.2) is 35.3 Å². The van der Waals surface area contributed by atoms with Crippen LogP contribution in [0, 0.1) is 5.92 Å². The first kappa shape index (κ1) is 23.2. The summed E-state index contributed by atoms with van der Waals surface area (Å²) in [4.78, 5) is 21.0. The van der Waals surface area contributed by atoms with E-state index in [0.717, 1.165) is 51.5 Å². The minimum absolute atomic E-state index is 0.268. The van der Waals surface area contributed by atoms with Crippen LogP contribution in [0.1, 0.15) is 38.7 Å². The Hall–Kier alpha value is -2.08. The number of guanidine groups is 1. The van der Waals surface area contributed by atoms with Gasteiger partial charge in [0.15, 0.2) is 5.96 Å². The molecule has 1 aromatic rings. The van der Waals surface area contributed by atoms with Gasteiger partial charge < -0.3 is 20.4 Å². The predicted molar refractivity (Wildman–Crippen MR) is 121 cm³/mol. The number of likely N-dealkylation sites (tertiary alicyclic amines) is 1. The molecule has 0 aromatic heterocycles. The fourth-order valence-corrected chi connectivity index (χ4v) is 3.53. The zero-order valence-corrected chi connectivity index (χ0v) is 18.7. The Morgan fingerprint density at radius 3 is 2.69 bits per heavy atom. The number of carbonyl (C=O) groups excluding carboxylic acids is 1. The maximum absolute atomic E-state index is 12.3. The highest BCUT2D eigenvalue weighted by atomic mass is 16.2. The van der Waals surface area contributed by atoms with Crippen molar-refractivity contribution in [3.05, 3.63) is 35.9 Å². The lowest BCUT2D eigenvalue weighted by atomic mass is 10.1. The van der Waals surface area contributed by atoms with Gasteiger partial charge in [-0.05, 0) is 52.3 Å². The standard InChI is InChI=1S/C23H39N5O/c1-19(2)27(4)14-9-8-13-25-23(24-3)26-17-21-16-22(29)28(18-21)15-12-20-10-6-5-7-11-20/h5-7,10-11,19,21H,8-9,12-18H2,1-4H3,(H2,24,25,26). The second kappa shape index (κ2) is 12.5. The Morgan fingerprint density at radius 2 is 2.00 bits per heavy atom. The lowest BCUT2D eigenvalue weighted by Gasteiger charge is -2.21. The molecular weight excluding hydrogens is 362 g/mol. The molecule has 1 heterocycles. The molecule has 1 saturated heterocycles. The van der Waals surface area contributed by atoms with Crippen LogP contribution >= 0.6 is 0 Å². The summed E-state index contributed by atoms with van der Waals surface area (Å²) < 4.78 is 0. The second-order valence-corrected chi connectivity index (χ2v) is 8.31. The number of nitrogens with zero attached hydrogens (tertiary/aromatic N) is 3. The third-order valence-electron chi connectivity index (χ3n) is 5.70. The average Bonchev–Trinajstić information content (AvgIpc) is 3.08. The molecule has 1 amide bonds. The molecule has 0 saturated carbocycles. The molecule has 1 aliphatic rings. The molecule has 1 aromatic carbocycles. The van der Waals surface area contributed by atoms with E-state index in [0.29, 0.717) is 18.4 Å². The Kier molecular flexibility index (Phi) is 9.98. The Balaban J connectivity index is 1.62. The van der Waals surface area contributed by atoms with Crippen molar-refractivity contribution in [1.82, 2.24) is 20.4 Å². The highest BCUT2D eigenvalue weighted by molar-refractivity contribution is 5.80. The lowest BCUT2D eigenvalue weighted by Crippen LogP contribution is -2.40. The van der Waals surface area contributed by atoms with Gasteiger partial charge in [0, 0.05) is 51.6 Å². The summed E-state index contributed by atoms with van der Waals surface area (Å²) >= 11 is 0. The topological polar surface area (TPSA) is 60.0 Å². The van der Waals surface area contributed by atoms with Crippen molar-refractivity contribution in [2.24, 2.45) is 10.9 Å². The molecule has 29 heavy (non-hydrogen) atoms. The largest absolute Gasteiger partial charge is 0.356 e. The number of benzene rings is 1. The van der Waals surface area contributed by atoms with Crippen LogP contribution in [0.25, 0.3) is 0 Å². The molecular formula is C23H39N5O. The first-order valence-electron chi connectivity index (χ1n) is 11.0. The zero-order valence-electron chi connectivity index (χ0n) is 18.7. The number of hydrogen-bond acceptors (Lipinski definition) is 3. The summed E-state index contributed by atoms with van der Waals surface area (Å²) in [7, 11) is 3.97.